The van der Waals surface area contributed by atoms with Crippen LogP contribution in [0.2, 0.25) is 0 Å². The van der Waals surface area contributed by atoms with E-state index in [4.69, 9.17) is 4.74 Å². The summed E-state index contributed by atoms with van der Waals surface area (Å²) < 4.78 is 7.21. The number of aryl methyl sites for hydroxylation is 1. The van der Waals surface area contributed by atoms with Gasteiger partial charge in [0.05, 0.1) is 24.6 Å². The second kappa shape index (κ2) is 7.64. The molecule has 142 valence electrons. The molecule has 3 heterocycles. The molecule has 0 amide bonds. The Bertz CT molecular complexity index is 1020. The number of benzene rings is 1. The van der Waals surface area contributed by atoms with Crippen molar-refractivity contribution in [2.24, 2.45) is 7.05 Å². The molecular formula is C20H21N7O. The van der Waals surface area contributed by atoms with Gasteiger partial charge in [0.15, 0.2) is 0 Å². The van der Waals surface area contributed by atoms with Crippen LogP contribution >= 0.6 is 0 Å². The van der Waals surface area contributed by atoms with Crippen molar-refractivity contribution < 1.29 is 4.74 Å². The van der Waals surface area contributed by atoms with Crippen molar-refractivity contribution in [1.82, 2.24) is 25.0 Å². The molecule has 0 spiro atoms. The van der Waals surface area contributed by atoms with Crippen molar-refractivity contribution in [1.29, 1.82) is 5.26 Å². The molecule has 3 aromatic rings. The first-order chi connectivity index (χ1) is 13.7. The predicted molar refractivity (Wildman–Crippen MR) is 104 cm³/mol. The molecule has 1 aliphatic heterocycles. The van der Waals surface area contributed by atoms with Gasteiger partial charge in [-0.15, -0.1) is 15.3 Å². The van der Waals surface area contributed by atoms with E-state index >= 15 is 0 Å². The van der Waals surface area contributed by atoms with Crippen LogP contribution in [0.25, 0.3) is 11.1 Å². The average molecular weight is 375 g/mol. The van der Waals surface area contributed by atoms with E-state index in [1.54, 1.807) is 19.6 Å². The first-order valence-electron chi connectivity index (χ1n) is 9.20. The molecule has 1 aliphatic rings. The predicted octanol–water partition coefficient (Wildman–Crippen LogP) is 2.54. The number of hydrogen-bond acceptors (Lipinski definition) is 7. The fraction of sp³-hybridized carbons (Fsp3) is 0.350. The van der Waals surface area contributed by atoms with Gasteiger partial charge in [-0.2, -0.15) is 10.4 Å². The molecule has 8 nitrogen and oxygen atoms in total. The summed E-state index contributed by atoms with van der Waals surface area (Å²) in [5, 5.41) is 26.0. The lowest BCUT2D eigenvalue weighted by molar-refractivity contribution is 0.392. The highest BCUT2D eigenvalue weighted by molar-refractivity contribution is 5.83. The van der Waals surface area contributed by atoms with Crippen molar-refractivity contribution in [2.75, 3.05) is 25.1 Å². The Labute approximate surface area is 163 Å². The SMILES string of the molecule is COc1cc(-c2cccc(C#N)c2N2CCC(c3nncn3C)CC2)cnn1. The Morgan fingerprint density at radius 2 is 2.00 bits per heavy atom. The molecule has 0 saturated carbocycles. The van der Waals surface area contributed by atoms with Gasteiger partial charge in [-0.05, 0) is 18.9 Å². The maximum atomic E-state index is 9.71. The lowest BCUT2D eigenvalue weighted by atomic mass is 9.93. The number of rotatable bonds is 4. The Morgan fingerprint density at radius 1 is 1.18 bits per heavy atom. The third-order valence-electron chi connectivity index (χ3n) is 5.23. The summed E-state index contributed by atoms with van der Waals surface area (Å²) in [4.78, 5) is 2.29. The van der Waals surface area contributed by atoms with E-state index in [2.05, 4.69) is 31.4 Å². The molecule has 1 aromatic carbocycles. The summed E-state index contributed by atoms with van der Waals surface area (Å²) in [6.45, 7) is 1.69. The molecule has 8 heteroatoms. The second-order valence-electron chi connectivity index (χ2n) is 6.86. The fourth-order valence-electron chi connectivity index (χ4n) is 3.82. The summed E-state index contributed by atoms with van der Waals surface area (Å²) >= 11 is 0. The van der Waals surface area contributed by atoms with Crippen LogP contribution in [0, 0.1) is 11.3 Å². The van der Waals surface area contributed by atoms with E-state index in [-0.39, 0.29) is 0 Å². The van der Waals surface area contributed by atoms with Gasteiger partial charge in [-0.3, -0.25) is 0 Å². The average Bonchev–Trinajstić information content (AvgIpc) is 3.19. The Kier molecular flexibility index (Phi) is 4.89. The summed E-state index contributed by atoms with van der Waals surface area (Å²) in [5.74, 6) is 1.85. The van der Waals surface area contributed by atoms with E-state index in [0.717, 1.165) is 48.6 Å². The summed E-state index contributed by atoms with van der Waals surface area (Å²) in [5.41, 5.74) is 3.44. The van der Waals surface area contributed by atoms with E-state index < -0.39 is 0 Å². The summed E-state index contributed by atoms with van der Waals surface area (Å²) in [6, 6.07) is 9.97. The van der Waals surface area contributed by atoms with Crippen molar-refractivity contribution in [3.63, 3.8) is 0 Å². The molecule has 1 saturated heterocycles. The van der Waals surface area contributed by atoms with Gasteiger partial charge >= 0.3 is 0 Å². The lowest BCUT2D eigenvalue weighted by Gasteiger charge is -2.35. The maximum absolute atomic E-state index is 9.71. The Hall–Kier alpha value is -3.47. The minimum atomic E-state index is 0.379. The van der Waals surface area contributed by atoms with Crippen LogP contribution in [0.4, 0.5) is 5.69 Å². The highest BCUT2D eigenvalue weighted by Gasteiger charge is 2.27. The van der Waals surface area contributed by atoms with Crippen molar-refractivity contribution in [3.8, 4) is 23.1 Å². The highest BCUT2D eigenvalue weighted by atomic mass is 16.5. The van der Waals surface area contributed by atoms with Gasteiger partial charge in [0.1, 0.15) is 18.2 Å². The minimum Gasteiger partial charge on any atom is -0.480 e. The zero-order valence-electron chi connectivity index (χ0n) is 15.9. The number of para-hydroxylation sites is 1. The molecule has 0 atom stereocenters. The van der Waals surface area contributed by atoms with E-state index in [9.17, 15) is 5.26 Å². The van der Waals surface area contributed by atoms with Crippen LogP contribution in [-0.4, -0.2) is 45.2 Å². The number of ether oxygens (including phenoxy) is 1. The molecule has 2 aromatic heterocycles. The van der Waals surface area contributed by atoms with Crippen LogP contribution in [0.15, 0.2) is 36.8 Å². The minimum absolute atomic E-state index is 0.379. The smallest absolute Gasteiger partial charge is 0.233 e. The van der Waals surface area contributed by atoms with Crippen LogP contribution in [-0.2, 0) is 7.05 Å². The number of piperidine rings is 1. The molecule has 0 bridgehead atoms. The first-order valence-corrected chi connectivity index (χ1v) is 9.20. The van der Waals surface area contributed by atoms with Gasteiger partial charge in [0.2, 0.25) is 5.88 Å². The Balaban J connectivity index is 1.66. The van der Waals surface area contributed by atoms with Gasteiger partial charge < -0.3 is 14.2 Å². The van der Waals surface area contributed by atoms with Gasteiger partial charge in [0.25, 0.3) is 0 Å². The van der Waals surface area contributed by atoms with Crippen LogP contribution in [0.1, 0.15) is 30.1 Å². The highest BCUT2D eigenvalue weighted by Crippen LogP contribution is 2.37. The van der Waals surface area contributed by atoms with Gasteiger partial charge in [-0.1, -0.05) is 12.1 Å². The van der Waals surface area contributed by atoms with Crippen LogP contribution in [0.5, 0.6) is 5.88 Å². The molecule has 28 heavy (non-hydrogen) atoms. The zero-order chi connectivity index (χ0) is 19.5. The zero-order valence-corrected chi connectivity index (χ0v) is 15.9. The number of aromatic nitrogens is 5. The van der Waals surface area contributed by atoms with Gasteiger partial charge in [-0.25, -0.2) is 0 Å². The van der Waals surface area contributed by atoms with E-state index in [1.165, 1.54) is 0 Å². The maximum Gasteiger partial charge on any atom is 0.233 e. The van der Waals surface area contributed by atoms with E-state index in [1.807, 2.05) is 35.9 Å². The molecule has 0 N–H and O–H groups in total. The van der Waals surface area contributed by atoms with E-state index in [0.29, 0.717) is 17.4 Å². The number of anilines is 1. The number of methoxy groups -OCH3 is 1. The number of nitriles is 1. The Morgan fingerprint density at radius 3 is 2.68 bits per heavy atom. The van der Waals surface area contributed by atoms with Crippen molar-refractivity contribution in [3.05, 3.63) is 48.2 Å². The summed E-state index contributed by atoms with van der Waals surface area (Å²) in [7, 11) is 3.55. The topological polar surface area (TPSA) is 92.8 Å². The second-order valence-corrected chi connectivity index (χ2v) is 6.86. The number of hydrogen-bond donors (Lipinski definition) is 0. The molecule has 4 rings (SSSR count). The first kappa shape index (κ1) is 17.9. The molecule has 0 radical (unpaired) electrons. The quantitative estimate of drug-likeness (QED) is 0.692. The molecule has 1 fully saturated rings. The lowest BCUT2D eigenvalue weighted by Crippen LogP contribution is -2.34. The van der Waals surface area contributed by atoms with Crippen LogP contribution < -0.4 is 9.64 Å². The molecule has 0 aliphatic carbocycles. The number of nitrogens with zero attached hydrogens (tertiary/aromatic N) is 7. The monoisotopic (exact) mass is 375 g/mol. The largest absolute Gasteiger partial charge is 0.480 e. The van der Waals surface area contributed by atoms with Crippen molar-refractivity contribution in [2.45, 2.75) is 18.8 Å². The molecule has 0 unspecified atom stereocenters. The molecular weight excluding hydrogens is 354 g/mol. The summed E-state index contributed by atoms with van der Waals surface area (Å²) in [6.07, 6.45) is 5.37. The third-order valence-corrected chi connectivity index (χ3v) is 5.23. The third kappa shape index (κ3) is 3.27. The fourth-order valence-corrected chi connectivity index (χ4v) is 3.82. The van der Waals surface area contributed by atoms with Crippen LogP contribution in [0.3, 0.4) is 0 Å². The standard InChI is InChI=1S/C20H21N7O/c1-26-13-23-25-20(26)14-6-8-27(9-7-14)19-15(11-21)4-3-5-17(19)16-10-18(28-2)24-22-12-16/h3-5,10,12-14H,6-9H2,1-2H3. The van der Waals surface area contributed by atoms with Crippen molar-refractivity contribution >= 4 is 5.69 Å². The normalized spacial score (nSPS) is 14.7. The van der Waals surface area contributed by atoms with Gasteiger partial charge in [0, 0.05) is 43.2 Å².